The van der Waals surface area contributed by atoms with E-state index < -0.39 is 11.9 Å². The summed E-state index contributed by atoms with van der Waals surface area (Å²) in [5.74, 6) is -0.240. The Bertz CT molecular complexity index is 926. The molecule has 1 aromatic carbocycles. The van der Waals surface area contributed by atoms with Gasteiger partial charge in [0.1, 0.15) is 17.5 Å². The van der Waals surface area contributed by atoms with Crippen LogP contribution in [0.15, 0.2) is 36.4 Å². The van der Waals surface area contributed by atoms with E-state index in [2.05, 4.69) is 24.1 Å². The topological polar surface area (TPSA) is 89.9 Å². The van der Waals surface area contributed by atoms with Crippen LogP contribution in [0, 0.1) is 0 Å². The number of hydrogen-bond donors (Lipinski definition) is 2. The van der Waals surface area contributed by atoms with Gasteiger partial charge in [0.15, 0.2) is 0 Å². The normalized spacial score (nSPS) is 16.2. The van der Waals surface area contributed by atoms with Crippen molar-refractivity contribution in [1.29, 1.82) is 0 Å². The minimum absolute atomic E-state index is 0.255. The van der Waals surface area contributed by atoms with E-state index in [4.69, 9.17) is 14.2 Å². The van der Waals surface area contributed by atoms with Gasteiger partial charge in [-0.05, 0) is 43.5 Å². The van der Waals surface area contributed by atoms with Gasteiger partial charge in [-0.1, -0.05) is 24.3 Å². The summed E-state index contributed by atoms with van der Waals surface area (Å²) in [6, 6.07) is 11.5. The van der Waals surface area contributed by atoms with Gasteiger partial charge in [0.05, 0.1) is 25.8 Å². The molecule has 2 aromatic rings. The fourth-order valence-corrected chi connectivity index (χ4v) is 3.56. The third kappa shape index (κ3) is 6.50. The number of aliphatic hydroxyl groups excluding tert-OH is 1. The van der Waals surface area contributed by atoms with Crippen molar-refractivity contribution >= 4 is 5.97 Å². The first-order valence-electron chi connectivity index (χ1n) is 10.5. The lowest BCUT2D eigenvalue weighted by atomic mass is 9.93. The molecule has 2 heterocycles. The second kappa shape index (κ2) is 9.34. The third-order valence-electron chi connectivity index (χ3n) is 5.20. The average Bonchev–Trinajstić information content (AvgIpc) is 2.71. The second-order valence-electron chi connectivity index (χ2n) is 9.00. The lowest BCUT2D eigenvalue weighted by Gasteiger charge is -2.32. The summed E-state index contributed by atoms with van der Waals surface area (Å²) in [5, 5.41) is 14.1. The number of ether oxygens (including phenoxy) is 3. The number of aliphatic hydroxyl groups is 1. The highest BCUT2D eigenvalue weighted by atomic mass is 16.7. The number of fused-ring (bicyclic) bond motifs is 1. The van der Waals surface area contributed by atoms with Crippen LogP contribution in [0.3, 0.4) is 0 Å². The highest BCUT2D eigenvalue weighted by Crippen LogP contribution is 2.30. The van der Waals surface area contributed by atoms with Gasteiger partial charge < -0.3 is 24.6 Å². The highest BCUT2D eigenvalue weighted by Gasteiger charge is 2.29. The smallest absolute Gasteiger partial charge is 0.309 e. The SMILES string of the molecule is COC(=O)Cc1cccc(CC(C)(C)NCC(O)c2ccc3c(n2)COC(C)(C)O3)c1. The maximum absolute atomic E-state index is 11.5. The molecule has 0 saturated carbocycles. The molecule has 1 atom stereocenters. The molecule has 1 aliphatic heterocycles. The quantitative estimate of drug-likeness (QED) is 0.625. The van der Waals surface area contributed by atoms with E-state index in [1.54, 1.807) is 6.07 Å². The van der Waals surface area contributed by atoms with Crippen molar-refractivity contribution in [2.24, 2.45) is 0 Å². The molecule has 31 heavy (non-hydrogen) atoms. The number of rotatable bonds is 8. The molecule has 0 radical (unpaired) electrons. The average molecular weight is 429 g/mol. The van der Waals surface area contributed by atoms with Crippen LogP contribution in [-0.2, 0) is 33.7 Å². The molecule has 7 heteroatoms. The molecule has 1 aliphatic rings. The van der Waals surface area contributed by atoms with Crippen LogP contribution in [-0.4, -0.2) is 41.0 Å². The lowest BCUT2D eigenvalue weighted by molar-refractivity contribution is -0.181. The van der Waals surface area contributed by atoms with Crippen LogP contribution in [0.5, 0.6) is 5.75 Å². The van der Waals surface area contributed by atoms with Crippen LogP contribution in [0.2, 0.25) is 0 Å². The molecule has 3 rings (SSSR count). The molecule has 7 nitrogen and oxygen atoms in total. The zero-order valence-electron chi connectivity index (χ0n) is 18.9. The summed E-state index contributed by atoms with van der Waals surface area (Å²) in [7, 11) is 1.39. The van der Waals surface area contributed by atoms with E-state index in [0.717, 1.165) is 17.5 Å². The third-order valence-corrected chi connectivity index (χ3v) is 5.20. The van der Waals surface area contributed by atoms with Gasteiger partial charge in [-0.25, -0.2) is 4.98 Å². The second-order valence-corrected chi connectivity index (χ2v) is 9.00. The Morgan fingerprint density at radius 3 is 2.77 bits per heavy atom. The largest absolute Gasteiger partial charge is 0.469 e. The number of β-amino-alcohol motifs (C(OH)–C–C–N with tert-alkyl or cyclic N) is 1. The predicted molar refractivity (Wildman–Crippen MR) is 117 cm³/mol. The number of hydrogen-bond acceptors (Lipinski definition) is 7. The molecule has 0 aliphatic carbocycles. The van der Waals surface area contributed by atoms with E-state index >= 15 is 0 Å². The molecule has 0 spiro atoms. The van der Waals surface area contributed by atoms with Crippen molar-refractivity contribution in [3.63, 3.8) is 0 Å². The molecule has 1 unspecified atom stereocenters. The maximum Gasteiger partial charge on any atom is 0.309 e. The summed E-state index contributed by atoms with van der Waals surface area (Å²) in [5.41, 5.74) is 3.03. The monoisotopic (exact) mass is 428 g/mol. The summed E-state index contributed by atoms with van der Waals surface area (Å²) >= 11 is 0. The summed E-state index contributed by atoms with van der Waals surface area (Å²) < 4.78 is 16.1. The van der Waals surface area contributed by atoms with Gasteiger partial charge in [0.2, 0.25) is 5.79 Å². The number of nitrogens with zero attached hydrogens (tertiary/aromatic N) is 1. The summed E-state index contributed by atoms with van der Waals surface area (Å²) in [4.78, 5) is 16.1. The lowest BCUT2D eigenvalue weighted by Crippen LogP contribution is -2.43. The first-order chi connectivity index (χ1) is 14.6. The fraction of sp³-hybridized carbons (Fsp3) is 0.500. The van der Waals surface area contributed by atoms with Crippen LogP contribution >= 0.6 is 0 Å². The number of carbonyl (C=O) groups excluding carboxylic acids is 1. The number of aromatic nitrogens is 1. The molecule has 2 N–H and O–H groups in total. The Hall–Kier alpha value is -2.48. The Morgan fingerprint density at radius 2 is 2.03 bits per heavy atom. The van der Waals surface area contributed by atoms with E-state index in [0.29, 0.717) is 30.3 Å². The molecule has 0 saturated heterocycles. The van der Waals surface area contributed by atoms with Gasteiger partial charge in [-0.15, -0.1) is 0 Å². The Labute approximate surface area is 183 Å². The summed E-state index contributed by atoms with van der Waals surface area (Å²) in [6.07, 6.45) is 0.236. The van der Waals surface area contributed by atoms with Gasteiger partial charge in [0.25, 0.3) is 0 Å². The Morgan fingerprint density at radius 1 is 1.29 bits per heavy atom. The molecule has 1 aromatic heterocycles. The van der Waals surface area contributed by atoms with Crippen molar-refractivity contribution in [1.82, 2.24) is 10.3 Å². The Balaban J connectivity index is 1.59. The zero-order chi connectivity index (χ0) is 22.6. The van der Waals surface area contributed by atoms with Gasteiger partial charge >= 0.3 is 5.97 Å². The highest BCUT2D eigenvalue weighted by molar-refractivity contribution is 5.72. The van der Waals surface area contributed by atoms with E-state index in [-0.39, 0.29) is 17.9 Å². The van der Waals surface area contributed by atoms with Gasteiger partial charge in [0, 0.05) is 25.9 Å². The van der Waals surface area contributed by atoms with E-state index in [1.165, 1.54) is 7.11 Å². The fourth-order valence-electron chi connectivity index (χ4n) is 3.56. The number of pyridine rings is 1. The number of benzene rings is 1. The molecule has 168 valence electrons. The number of esters is 1. The van der Waals surface area contributed by atoms with Crippen LogP contribution < -0.4 is 10.1 Å². The molecular formula is C24H32N2O5. The van der Waals surface area contributed by atoms with Gasteiger partial charge in [-0.2, -0.15) is 0 Å². The van der Waals surface area contributed by atoms with Crippen molar-refractivity contribution in [3.05, 3.63) is 58.9 Å². The van der Waals surface area contributed by atoms with E-state index in [9.17, 15) is 9.90 Å². The first kappa shape index (κ1) is 23.2. The van der Waals surface area contributed by atoms with Crippen LogP contribution in [0.25, 0.3) is 0 Å². The minimum atomic E-state index is -0.759. The molecular weight excluding hydrogens is 396 g/mol. The predicted octanol–water partition coefficient (Wildman–Crippen LogP) is 3.09. The number of carbonyl (C=O) groups is 1. The zero-order valence-corrected chi connectivity index (χ0v) is 18.9. The number of methoxy groups -OCH3 is 1. The standard InChI is InChI=1S/C24H32N2O5/c1-23(2,13-17-8-6-7-16(11-17)12-22(28)29-5)25-14-20(27)18-9-10-21-19(26-18)15-30-24(3,4)31-21/h6-11,20,25,27H,12-15H2,1-5H3. The molecule has 0 bridgehead atoms. The van der Waals surface area contributed by atoms with Crippen molar-refractivity contribution in [3.8, 4) is 5.75 Å². The van der Waals surface area contributed by atoms with Crippen molar-refractivity contribution < 1.29 is 24.1 Å². The van der Waals surface area contributed by atoms with Crippen molar-refractivity contribution in [2.75, 3.05) is 13.7 Å². The first-order valence-corrected chi connectivity index (χ1v) is 10.5. The van der Waals surface area contributed by atoms with Crippen LogP contribution in [0.1, 0.15) is 56.3 Å². The van der Waals surface area contributed by atoms with Gasteiger partial charge in [-0.3, -0.25) is 4.79 Å². The van der Waals surface area contributed by atoms with Crippen LogP contribution in [0.4, 0.5) is 0 Å². The van der Waals surface area contributed by atoms with E-state index in [1.807, 2.05) is 44.2 Å². The number of nitrogens with one attached hydrogen (secondary N) is 1. The minimum Gasteiger partial charge on any atom is -0.469 e. The summed E-state index contributed by atoms with van der Waals surface area (Å²) in [6.45, 7) is 8.58. The maximum atomic E-state index is 11.5. The Kier molecular flexibility index (Phi) is 6.99. The van der Waals surface area contributed by atoms with Crippen molar-refractivity contribution in [2.45, 2.75) is 64.6 Å². The molecule has 0 amide bonds. The molecule has 0 fully saturated rings.